The van der Waals surface area contributed by atoms with Crippen molar-refractivity contribution in [3.8, 4) is 0 Å². The molecule has 0 bridgehead atoms. The van der Waals surface area contributed by atoms with Crippen molar-refractivity contribution in [3.63, 3.8) is 0 Å². The summed E-state index contributed by atoms with van der Waals surface area (Å²) >= 11 is 6.08. The van der Waals surface area contributed by atoms with Crippen molar-refractivity contribution < 1.29 is 12.8 Å². The summed E-state index contributed by atoms with van der Waals surface area (Å²) in [7, 11) is -3.10. The van der Waals surface area contributed by atoms with Crippen LogP contribution in [0, 0.1) is 5.92 Å². The molecule has 2 unspecified atom stereocenters. The zero-order valence-electron chi connectivity index (χ0n) is 12.5. The zero-order chi connectivity index (χ0) is 15.5. The number of nitrogens with zero attached hydrogens (tertiary/aromatic N) is 1. The van der Waals surface area contributed by atoms with E-state index in [9.17, 15) is 8.42 Å². The standard InChI is InChI=1S/C14H23ClN2O3S/c1-3-16-13(12-6-8-20-14(12)15)9-11-5-4-7-17(10-11)21(2,18)19/h6,8,11,13,16H,3-5,7,9-10H2,1-2H3. The van der Waals surface area contributed by atoms with Crippen LogP contribution in [0.5, 0.6) is 0 Å². The maximum absolute atomic E-state index is 11.7. The van der Waals surface area contributed by atoms with Gasteiger partial charge in [-0.25, -0.2) is 12.7 Å². The summed E-state index contributed by atoms with van der Waals surface area (Å²) in [4.78, 5) is 0. The molecule has 0 spiro atoms. The first kappa shape index (κ1) is 16.8. The first-order valence-electron chi connectivity index (χ1n) is 7.33. The molecule has 0 saturated carbocycles. The molecule has 2 atom stereocenters. The minimum atomic E-state index is -3.10. The van der Waals surface area contributed by atoms with Crippen LogP contribution in [-0.2, 0) is 10.0 Å². The summed E-state index contributed by atoms with van der Waals surface area (Å²) in [5.74, 6) is 0.337. The predicted octanol–water partition coefficient (Wildman–Crippen LogP) is 2.65. The lowest BCUT2D eigenvalue weighted by molar-refractivity contribution is 0.238. The Morgan fingerprint density at radius 1 is 1.57 bits per heavy atom. The average Bonchev–Trinajstić information content (AvgIpc) is 2.84. The number of piperidine rings is 1. The third-order valence-electron chi connectivity index (χ3n) is 3.99. The van der Waals surface area contributed by atoms with Crippen LogP contribution in [0.4, 0.5) is 0 Å². The van der Waals surface area contributed by atoms with Crippen LogP contribution >= 0.6 is 11.6 Å². The van der Waals surface area contributed by atoms with Gasteiger partial charge in [-0.05, 0) is 49.4 Å². The maximum Gasteiger partial charge on any atom is 0.211 e. The van der Waals surface area contributed by atoms with Gasteiger partial charge in [-0.1, -0.05) is 6.92 Å². The Balaban J connectivity index is 2.05. The van der Waals surface area contributed by atoms with Gasteiger partial charge < -0.3 is 9.73 Å². The second-order valence-electron chi connectivity index (χ2n) is 5.62. The second-order valence-corrected chi connectivity index (χ2v) is 7.95. The summed E-state index contributed by atoms with van der Waals surface area (Å²) in [6, 6.07) is 1.98. The Kier molecular flexibility index (Phi) is 5.71. The largest absolute Gasteiger partial charge is 0.453 e. The molecule has 5 nitrogen and oxygen atoms in total. The van der Waals surface area contributed by atoms with Gasteiger partial charge in [0.25, 0.3) is 0 Å². The van der Waals surface area contributed by atoms with Crippen LogP contribution < -0.4 is 5.32 Å². The molecule has 1 aromatic rings. The van der Waals surface area contributed by atoms with Crippen LogP contribution in [-0.4, -0.2) is 38.6 Å². The normalized spacial score (nSPS) is 22.3. The topological polar surface area (TPSA) is 62.6 Å². The molecule has 2 rings (SSSR count). The molecule has 1 N–H and O–H groups in total. The van der Waals surface area contributed by atoms with E-state index in [-0.39, 0.29) is 6.04 Å². The van der Waals surface area contributed by atoms with E-state index in [0.29, 0.717) is 24.2 Å². The SMILES string of the molecule is CCNC(CC1CCCN(S(C)(=O)=O)C1)c1ccoc1Cl. The van der Waals surface area contributed by atoms with Crippen molar-refractivity contribution in [1.29, 1.82) is 0 Å². The number of rotatable bonds is 6. The first-order valence-corrected chi connectivity index (χ1v) is 9.55. The van der Waals surface area contributed by atoms with Crippen molar-refractivity contribution in [3.05, 3.63) is 23.1 Å². The fraction of sp³-hybridized carbons (Fsp3) is 0.714. The molecule has 1 aliphatic heterocycles. The molecule has 1 saturated heterocycles. The van der Waals surface area contributed by atoms with Gasteiger partial charge >= 0.3 is 0 Å². The summed E-state index contributed by atoms with van der Waals surface area (Å²) in [5, 5.41) is 3.83. The first-order chi connectivity index (χ1) is 9.91. The highest BCUT2D eigenvalue weighted by Crippen LogP contribution is 2.32. The molecule has 0 aromatic carbocycles. The van der Waals surface area contributed by atoms with Crippen LogP contribution in [0.25, 0.3) is 0 Å². The molecule has 0 amide bonds. The van der Waals surface area contributed by atoms with Gasteiger partial charge in [-0.2, -0.15) is 0 Å². The minimum absolute atomic E-state index is 0.103. The van der Waals surface area contributed by atoms with E-state index in [1.165, 1.54) is 6.26 Å². The van der Waals surface area contributed by atoms with Crippen molar-refractivity contribution in [1.82, 2.24) is 9.62 Å². The Hall–Kier alpha value is -0.560. The summed E-state index contributed by atoms with van der Waals surface area (Å²) < 4.78 is 30.2. The molecule has 0 radical (unpaired) electrons. The molecule has 1 fully saturated rings. The van der Waals surface area contributed by atoms with Crippen LogP contribution in [0.2, 0.25) is 5.22 Å². The Labute approximate surface area is 131 Å². The lowest BCUT2D eigenvalue weighted by atomic mass is 9.90. The van der Waals surface area contributed by atoms with Gasteiger partial charge in [0.2, 0.25) is 10.0 Å². The Morgan fingerprint density at radius 3 is 2.90 bits per heavy atom. The smallest absolute Gasteiger partial charge is 0.211 e. The second kappa shape index (κ2) is 7.13. The molecular weight excluding hydrogens is 312 g/mol. The highest BCUT2D eigenvalue weighted by molar-refractivity contribution is 7.88. The predicted molar refractivity (Wildman–Crippen MR) is 83.9 cm³/mol. The molecule has 7 heteroatoms. The monoisotopic (exact) mass is 334 g/mol. The van der Waals surface area contributed by atoms with E-state index in [1.807, 2.05) is 13.0 Å². The van der Waals surface area contributed by atoms with Crippen molar-refractivity contribution in [2.45, 2.75) is 32.2 Å². The lowest BCUT2D eigenvalue weighted by Gasteiger charge is -2.33. The number of hydrogen-bond acceptors (Lipinski definition) is 4. The molecule has 1 aliphatic rings. The van der Waals surface area contributed by atoms with E-state index < -0.39 is 10.0 Å². The molecule has 1 aromatic heterocycles. The number of halogens is 1. The van der Waals surface area contributed by atoms with Crippen LogP contribution in [0.15, 0.2) is 16.7 Å². The quantitative estimate of drug-likeness (QED) is 0.868. The summed E-state index contributed by atoms with van der Waals surface area (Å²) in [6.45, 7) is 4.10. The number of furan rings is 1. The van der Waals surface area contributed by atoms with E-state index in [0.717, 1.165) is 31.4 Å². The molecule has 0 aliphatic carbocycles. The Morgan fingerprint density at radius 2 is 2.33 bits per heavy atom. The number of hydrogen-bond donors (Lipinski definition) is 1. The van der Waals surface area contributed by atoms with Gasteiger partial charge in [0.05, 0.1) is 12.5 Å². The third kappa shape index (κ3) is 4.45. The minimum Gasteiger partial charge on any atom is -0.453 e. The average molecular weight is 335 g/mol. The summed E-state index contributed by atoms with van der Waals surface area (Å²) in [6.07, 6.45) is 5.69. The highest BCUT2D eigenvalue weighted by atomic mass is 35.5. The van der Waals surface area contributed by atoms with Gasteiger partial charge in [0, 0.05) is 24.7 Å². The molecule has 2 heterocycles. The van der Waals surface area contributed by atoms with Gasteiger partial charge in [-0.15, -0.1) is 0 Å². The van der Waals surface area contributed by atoms with E-state index in [2.05, 4.69) is 5.32 Å². The van der Waals surface area contributed by atoms with Crippen molar-refractivity contribution >= 4 is 21.6 Å². The highest BCUT2D eigenvalue weighted by Gasteiger charge is 2.28. The van der Waals surface area contributed by atoms with E-state index in [1.54, 1.807) is 10.6 Å². The third-order valence-corrected chi connectivity index (χ3v) is 5.57. The summed E-state index contributed by atoms with van der Waals surface area (Å²) in [5.41, 5.74) is 0.954. The van der Waals surface area contributed by atoms with Gasteiger partial charge in [-0.3, -0.25) is 0 Å². The van der Waals surface area contributed by atoms with Crippen LogP contribution in [0.1, 0.15) is 37.8 Å². The van der Waals surface area contributed by atoms with Crippen LogP contribution in [0.3, 0.4) is 0 Å². The van der Waals surface area contributed by atoms with Gasteiger partial charge in [0.15, 0.2) is 5.22 Å². The fourth-order valence-electron chi connectivity index (χ4n) is 2.97. The lowest BCUT2D eigenvalue weighted by Crippen LogP contribution is -2.40. The van der Waals surface area contributed by atoms with Crippen molar-refractivity contribution in [2.75, 3.05) is 25.9 Å². The number of nitrogens with one attached hydrogen (secondary N) is 1. The molecule has 21 heavy (non-hydrogen) atoms. The van der Waals surface area contributed by atoms with E-state index >= 15 is 0 Å². The maximum atomic E-state index is 11.7. The van der Waals surface area contributed by atoms with Crippen molar-refractivity contribution in [2.24, 2.45) is 5.92 Å². The zero-order valence-corrected chi connectivity index (χ0v) is 14.1. The molecular formula is C14H23ClN2O3S. The molecule has 120 valence electrons. The van der Waals surface area contributed by atoms with E-state index in [4.69, 9.17) is 16.0 Å². The van der Waals surface area contributed by atoms with Gasteiger partial charge in [0.1, 0.15) is 0 Å². The number of sulfonamides is 1. The Bertz CT molecular complexity index is 558. The fourth-order valence-corrected chi connectivity index (χ4v) is 4.16.